The van der Waals surface area contributed by atoms with Crippen molar-refractivity contribution in [3.05, 3.63) is 82.6 Å². The van der Waals surface area contributed by atoms with E-state index in [1.54, 1.807) is 35.6 Å². The van der Waals surface area contributed by atoms with Crippen molar-refractivity contribution in [1.82, 2.24) is 5.32 Å². The Labute approximate surface area is 162 Å². The van der Waals surface area contributed by atoms with E-state index in [2.05, 4.69) is 16.0 Å². The van der Waals surface area contributed by atoms with Crippen LogP contribution in [0.5, 0.6) is 0 Å². The predicted octanol–water partition coefficient (Wildman–Crippen LogP) is 4.29. The normalized spacial score (nSPS) is 11.6. The Hall–Kier alpha value is -2.96. The Morgan fingerprint density at radius 3 is 2.41 bits per heavy atom. The van der Waals surface area contributed by atoms with Gasteiger partial charge in [-0.25, -0.2) is 0 Å². The van der Waals surface area contributed by atoms with Crippen LogP contribution in [-0.2, 0) is 4.79 Å². The summed E-state index contributed by atoms with van der Waals surface area (Å²) in [6, 6.07) is 20.3. The molecule has 3 rings (SSSR count). The number of para-hydroxylation sites is 2. The fraction of sp³-hybridized carbons (Fsp3) is 0.143. The summed E-state index contributed by atoms with van der Waals surface area (Å²) in [4.78, 5) is 26.1. The van der Waals surface area contributed by atoms with E-state index in [9.17, 15) is 9.59 Å². The van der Waals surface area contributed by atoms with Crippen molar-refractivity contribution in [3.8, 4) is 0 Å². The third kappa shape index (κ3) is 5.26. The number of carbonyl (C=O) groups excluding carboxylic acids is 2. The highest BCUT2D eigenvalue weighted by atomic mass is 32.1. The van der Waals surface area contributed by atoms with E-state index in [4.69, 9.17) is 0 Å². The minimum absolute atomic E-state index is 0.0902. The zero-order valence-electron chi connectivity index (χ0n) is 14.9. The van der Waals surface area contributed by atoms with Gasteiger partial charge in [-0.05, 0) is 42.6 Å². The lowest BCUT2D eigenvalue weighted by Gasteiger charge is -2.14. The van der Waals surface area contributed by atoms with Crippen LogP contribution in [0.25, 0.3) is 0 Å². The van der Waals surface area contributed by atoms with Crippen molar-refractivity contribution in [2.45, 2.75) is 13.0 Å². The largest absolute Gasteiger partial charge is 0.324 e. The lowest BCUT2D eigenvalue weighted by molar-refractivity contribution is -0.115. The second-order valence-electron chi connectivity index (χ2n) is 6.03. The standard InChI is InChI=1S/C21H21N3O2S/c1-15(19-12-7-13-27-19)22-14-20(25)24-18-11-6-5-10-17(18)21(26)23-16-8-3-2-4-9-16/h2-13,15,22H,14H2,1H3,(H,23,26)(H,24,25). The van der Waals surface area contributed by atoms with Gasteiger partial charge in [0, 0.05) is 16.6 Å². The molecule has 3 N–H and O–H groups in total. The van der Waals surface area contributed by atoms with Crippen molar-refractivity contribution in [2.75, 3.05) is 17.2 Å². The molecule has 0 aliphatic heterocycles. The maximum absolute atomic E-state index is 12.6. The first-order chi connectivity index (χ1) is 13.1. The van der Waals surface area contributed by atoms with E-state index in [-0.39, 0.29) is 24.4 Å². The molecule has 1 unspecified atom stereocenters. The average molecular weight is 379 g/mol. The van der Waals surface area contributed by atoms with Crippen molar-refractivity contribution < 1.29 is 9.59 Å². The third-order valence-electron chi connectivity index (χ3n) is 4.02. The minimum Gasteiger partial charge on any atom is -0.324 e. The second-order valence-corrected chi connectivity index (χ2v) is 7.01. The average Bonchev–Trinajstić information content (AvgIpc) is 3.22. The summed E-state index contributed by atoms with van der Waals surface area (Å²) < 4.78 is 0. The summed E-state index contributed by atoms with van der Waals surface area (Å²) in [5, 5.41) is 10.9. The first-order valence-electron chi connectivity index (χ1n) is 8.65. The van der Waals surface area contributed by atoms with Crippen LogP contribution in [0.2, 0.25) is 0 Å². The van der Waals surface area contributed by atoms with E-state index in [1.165, 1.54) is 4.88 Å². The maximum Gasteiger partial charge on any atom is 0.257 e. The molecule has 27 heavy (non-hydrogen) atoms. The van der Waals surface area contributed by atoms with E-state index < -0.39 is 0 Å². The van der Waals surface area contributed by atoms with Gasteiger partial charge in [0.05, 0.1) is 17.8 Å². The van der Waals surface area contributed by atoms with Gasteiger partial charge in [-0.3, -0.25) is 9.59 Å². The summed E-state index contributed by atoms with van der Waals surface area (Å²) in [6.45, 7) is 2.17. The van der Waals surface area contributed by atoms with Gasteiger partial charge in [-0.1, -0.05) is 36.4 Å². The summed E-state index contributed by atoms with van der Waals surface area (Å²) >= 11 is 1.65. The molecule has 0 bridgehead atoms. The van der Waals surface area contributed by atoms with Crippen molar-refractivity contribution in [3.63, 3.8) is 0 Å². The van der Waals surface area contributed by atoms with E-state index in [0.717, 1.165) is 0 Å². The molecule has 138 valence electrons. The van der Waals surface area contributed by atoms with Gasteiger partial charge < -0.3 is 16.0 Å². The molecule has 2 aromatic carbocycles. The van der Waals surface area contributed by atoms with Crippen LogP contribution in [0.3, 0.4) is 0 Å². The Morgan fingerprint density at radius 2 is 1.67 bits per heavy atom. The molecule has 1 atom stereocenters. The molecule has 1 aromatic heterocycles. The molecular formula is C21H21N3O2S. The molecule has 0 fully saturated rings. The van der Waals surface area contributed by atoms with E-state index in [1.807, 2.05) is 54.8 Å². The minimum atomic E-state index is -0.267. The molecule has 2 amide bonds. The zero-order valence-corrected chi connectivity index (χ0v) is 15.8. The number of rotatable bonds is 7. The van der Waals surface area contributed by atoms with Gasteiger partial charge in [-0.15, -0.1) is 11.3 Å². The highest BCUT2D eigenvalue weighted by molar-refractivity contribution is 7.10. The molecule has 1 heterocycles. The SMILES string of the molecule is CC(NCC(=O)Nc1ccccc1C(=O)Nc1ccccc1)c1cccs1. The van der Waals surface area contributed by atoms with Crippen LogP contribution in [0.1, 0.15) is 28.2 Å². The Morgan fingerprint density at radius 1 is 0.926 bits per heavy atom. The zero-order chi connectivity index (χ0) is 19.1. The number of amides is 2. The summed E-state index contributed by atoms with van der Waals surface area (Å²) in [6.07, 6.45) is 0. The monoisotopic (exact) mass is 379 g/mol. The van der Waals surface area contributed by atoms with Gasteiger partial charge in [0.2, 0.25) is 5.91 Å². The molecule has 6 heteroatoms. The number of anilines is 2. The van der Waals surface area contributed by atoms with Gasteiger partial charge >= 0.3 is 0 Å². The lowest BCUT2D eigenvalue weighted by atomic mass is 10.1. The first-order valence-corrected chi connectivity index (χ1v) is 9.53. The fourth-order valence-corrected chi connectivity index (χ4v) is 3.35. The number of benzene rings is 2. The molecule has 0 aliphatic rings. The van der Waals surface area contributed by atoms with Crippen molar-refractivity contribution >= 4 is 34.5 Å². The number of hydrogen-bond acceptors (Lipinski definition) is 4. The Bertz CT molecular complexity index is 895. The second kappa shape index (κ2) is 9.12. The number of nitrogens with one attached hydrogen (secondary N) is 3. The van der Waals surface area contributed by atoms with Crippen LogP contribution in [0.4, 0.5) is 11.4 Å². The van der Waals surface area contributed by atoms with E-state index in [0.29, 0.717) is 16.9 Å². The molecular weight excluding hydrogens is 358 g/mol. The number of thiophene rings is 1. The molecule has 0 radical (unpaired) electrons. The highest BCUT2D eigenvalue weighted by Gasteiger charge is 2.14. The van der Waals surface area contributed by atoms with Crippen LogP contribution in [-0.4, -0.2) is 18.4 Å². The predicted molar refractivity (Wildman–Crippen MR) is 110 cm³/mol. The van der Waals surface area contributed by atoms with E-state index >= 15 is 0 Å². The quantitative estimate of drug-likeness (QED) is 0.573. The van der Waals surface area contributed by atoms with Gasteiger partial charge in [0.15, 0.2) is 0 Å². The number of hydrogen-bond donors (Lipinski definition) is 3. The lowest BCUT2D eigenvalue weighted by Crippen LogP contribution is -2.30. The topological polar surface area (TPSA) is 70.2 Å². The number of carbonyl (C=O) groups is 2. The first kappa shape index (κ1) is 18.8. The van der Waals surface area contributed by atoms with Crippen LogP contribution in [0.15, 0.2) is 72.1 Å². The molecule has 5 nitrogen and oxygen atoms in total. The van der Waals surface area contributed by atoms with Gasteiger partial charge in [-0.2, -0.15) is 0 Å². The molecule has 0 aliphatic carbocycles. The molecule has 3 aromatic rings. The Kier molecular flexibility index (Phi) is 6.35. The maximum atomic E-state index is 12.6. The van der Waals surface area contributed by atoms with Gasteiger partial charge in [0.25, 0.3) is 5.91 Å². The van der Waals surface area contributed by atoms with Gasteiger partial charge in [0.1, 0.15) is 0 Å². The smallest absolute Gasteiger partial charge is 0.257 e. The molecule has 0 saturated heterocycles. The van der Waals surface area contributed by atoms with Crippen LogP contribution in [0, 0.1) is 0 Å². The summed E-state index contributed by atoms with van der Waals surface area (Å²) in [7, 11) is 0. The van der Waals surface area contributed by atoms with Crippen molar-refractivity contribution in [1.29, 1.82) is 0 Å². The summed E-state index contributed by atoms with van der Waals surface area (Å²) in [5.41, 5.74) is 1.61. The highest BCUT2D eigenvalue weighted by Crippen LogP contribution is 2.19. The molecule has 0 spiro atoms. The summed E-state index contributed by atoms with van der Waals surface area (Å²) in [5.74, 6) is -0.463. The van der Waals surface area contributed by atoms with Crippen LogP contribution >= 0.6 is 11.3 Å². The van der Waals surface area contributed by atoms with Crippen molar-refractivity contribution in [2.24, 2.45) is 0 Å². The Balaban J connectivity index is 1.61. The molecule has 0 saturated carbocycles. The third-order valence-corrected chi connectivity index (χ3v) is 5.07. The van der Waals surface area contributed by atoms with Crippen LogP contribution < -0.4 is 16.0 Å². The fourth-order valence-electron chi connectivity index (χ4n) is 2.59.